The number of nitrogens with two attached hydrogens (primary N) is 1. The molecule has 0 heterocycles. The van der Waals surface area contributed by atoms with Crippen LogP contribution >= 0.6 is 0 Å². The van der Waals surface area contributed by atoms with Crippen LogP contribution in [0.1, 0.15) is 11.1 Å². The van der Waals surface area contributed by atoms with E-state index >= 15 is 0 Å². The topological polar surface area (TPSA) is 46.3 Å². The number of carbonyl (C=O) groups excluding carboxylic acids is 1. The zero-order chi connectivity index (χ0) is 13.7. The van der Waals surface area contributed by atoms with Crippen LogP contribution in [-0.4, -0.2) is 6.03 Å². The Balaban J connectivity index is 2.27. The third-order valence-corrected chi connectivity index (χ3v) is 2.73. The lowest BCUT2D eigenvalue weighted by molar-refractivity contribution is 0.256. The first-order chi connectivity index (χ1) is 9.16. The number of rotatable bonds is 3. The summed E-state index contributed by atoms with van der Waals surface area (Å²) in [7, 11) is 0. The molecule has 0 fully saturated rings. The third-order valence-electron chi connectivity index (χ3n) is 2.73. The van der Waals surface area contributed by atoms with Crippen molar-refractivity contribution in [3.8, 4) is 0 Å². The van der Waals surface area contributed by atoms with E-state index in [-0.39, 0.29) is 0 Å². The van der Waals surface area contributed by atoms with Gasteiger partial charge in [-0.25, -0.2) is 4.79 Å². The number of amides is 2. The van der Waals surface area contributed by atoms with Gasteiger partial charge in [0.2, 0.25) is 0 Å². The predicted molar refractivity (Wildman–Crippen MR) is 78.7 cm³/mol. The van der Waals surface area contributed by atoms with Crippen molar-refractivity contribution < 1.29 is 4.79 Å². The highest BCUT2D eigenvalue weighted by molar-refractivity contribution is 5.93. The maximum Gasteiger partial charge on any atom is 0.323 e. The molecular formula is C16H16N2O. The molecule has 0 saturated heterocycles. The van der Waals surface area contributed by atoms with Crippen molar-refractivity contribution in [3.05, 3.63) is 71.9 Å². The van der Waals surface area contributed by atoms with Crippen molar-refractivity contribution in [1.82, 2.24) is 0 Å². The normalized spacial score (nSPS) is 10.6. The molecule has 0 radical (unpaired) electrons. The molecule has 2 rings (SSSR count). The quantitative estimate of drug-likeness (QED) is 0.892. The number of aryl methyl sites for hydroxylation is 1. The van der Waals surface area contributed by atoms with E-state index in [1.165, 1.54) is 4.90 Å². The molecule has 0 aliphatic heterocycles. The Hall–Kier alpha value is -2.55. The predicted octanol–water partition coefficient (Wildman–Crippen LogP) is 3.55. The van der Waals surface area contributed by atoms with Gasteiger partial charge in [0.05, 0.1) is 5.69 Å². The van der Waals surface area contributed by atoms with Crippen LogP contribution in [-0.2, 0) is 0 Å². The van der Waals surface area contributed by atoms with E-state index in [0.717, 1.165) is 16.8 Å². The molecule has 0 aliphatic carbocycles. The van der Waals surface area contributed by atoms with E-state index < -0.39 is 6.03 Å². The summed E-state index contributed by atoms with van der Waals surface area (Å²) >= 11 is 0. The second-order valence-electron chi connectivity index (χ2n) is 4.27. The smallest absolute Gasteiger partial charge is 0.323 e. The highest BCUT2D eigenvalue weighted by atomic mass is 16.2. The van der Waals surface area contributed by atoms with Crippen LogP contribution in [0.3, 0.4) is 0 Å². The molecule has 0 aromatic heterocycles. The number of urea groups is 1. The second-order valence-corrected chi connectivity index (χ2v) is 4.27. The second kappa shape index (κ2) is 5.87. The summed E-state index contributed by atoms with van der Waals surface area (Å²) in [4.78, 5) is 13.0. The Kier molecular flexibility index (Phi) is 3.98. The summed E-state index contributed by atoms with van der Waals surface area (Å²) in [6.45, 7) is 1.98. The molecule has 3 nitrogen and oxygen atoms in total. The van der Waals surface area contributed by atoms with Crippen molar-refractivity contribution in [2.24, 2.45) is 5.73 Å². The highest BCUT2D eigenvalue weighted by Gasteiger charge is 2.08. The molecule has 0 unspecified atom stereocenters. The Labute approximate surface area is 113 Å². The van der Waals surface area contributed by atoms with Gasteiger partial charge < -0.3 is 5.73 Å². The van der Waals surface area contributed by atoms with Gasteiger partial charge in [-0.15, -0.1) is 0 Å². The maximum absolute atomic E-state index is 11.5. The maximum atomic E-state index is 11.5. The average Bonchev–Trinajstić information content (AvgIpc) is 2.40. The van der Waals surface area contributed by atoms with E-state index in [4.69, 9.17) is 5.73 Å². The largest absolute Gasteiger partial charge is 0.351 e. The van der Waals surface area contributed by atoms with Crippen LogP contribution in [0.2, 0.25) is 0 Å². The van der Waals surface area contributed by atoms with Gasteiger partial charge in [-0.1, -0.05) is 42.5 Å². The van der Waals surface area contributed by atoms with Gasteiger partial charge in [-0.2, -0.15) is 0 Å². The van der Waals surface area contributed by atoms with E-state index in [2.05, 4.69) is 0 Å². The number of primary amides is 1. The minimum absolute atomic E-state index is 0.502. The summed E-state index contributed by atoms with van der Waals surface area (Å²) in [5, 5.41) is 0. The van der Waals surface area contributed by atoms with Crippen LogP contribution in [0.4, 0.5) is 10.5 Å². The van der Waals surface area contributed by atoms with E-state index in [9.17, 15) is 4.79 Å². The summed E-state index contributed by atoms with van der Waals surface area (Å²) in [6, 6.07) is 16.9. The van der Waals surface area contributed by atoms with Gasteiger partial charge in [0.1, 0.15) is 0 Å². The van der Waals surface area contributed by atoms with Crippen molar-refractivity contribution >= 4 is 17.8 Å². The molecule has 0 bridgehead atoms. The summed E-state index contributed by atoms with van der Waals surface area (Å²) in [5.74, 6) is 0. The zero-order valence-electron chi connectivity index (χ0n) is 10.8. The third kappa shape index (κ3) is 3.45. The molecule has 0 spiro atoms. The fraction of sp³-hybridized carbons (Fsp3) is 0.0625. The first kappa shape index (κ1) is 12.9. The van der Waals surface area contributed by atoms with Crippen LogP contribution < -0.4 is 10.6 Å². The molecule has 0 saturated carbocycles. The van der Waals surface area contributed by atoms with Gasteiger partial charge >= 0.3 is 6.03 Å². The Morgan fingerprint density at radius 3 is 2.47 bits per heavy atom. The molecule has 0 atom stereocenters. The summed E-state index contributed by atoms with van der Waals surface area (Å²) in [5.41, 5.74) is 8.28. The number of hydrogen-bond donors (Lipinski definition) is 1. The fourth-order valence-corrected chi connectivity index (χ4v) is 1.79. The number of nitrogens with zero attached hydrogens (tertiary/aromatic N) is 1. The monoisotopic (exact) mass is 252 g/mol. The fourth-order valence-electron chi connectivity index (χ4n) is 1.79. The number of anilines is 1. The van der Waals surface area contributed by atoms with Crippen LogP contribution in [0, 0.1) is 6.92 Å². The van der Waals surface area contributed by atoms with E-state index in [1.807, 2.05) is 67.6 Å². The molecular weight excluding hydrogens is 236 g/mol. The van der Waals surface area contributed by atoms with Crippen molar-refractivity contribution in [3.63, 3.8) is 0 Å². The van der Waals surface area contributed by atoms with Crippen molar-refractivity contribution in [1.29, 1.82) is 0 Å². The lowest BCUT2D eigenvalue weighted by Crippen LogP contribution is -2.30. The Bertz CT molecular complexity index is 591. The first-order valence-electron chi connectivity index (χ1n) is 6.05. The van der Waals surface area contributed by atoms with E-state index in [1.54, 1.807) is 6.20 Å². The summed E-state index contributed by atoms with van der Waals surface area (Å²) in [6.07, 6.45) is 3.54. The molecule has 96 valence electrons. The minimum Gasteiger partial charge on any atom is -0.351 e. The van der Waals surface area contributed by atoms with Crippen LogP contribution in [0.25, 0.3) is 6.08 Å². The molecule has 19 heavy (non-hydrogen) atoms. The molecule has 2 aromatic carbocycles. The molecule has 0 aliphatic rings. The first-order valence-corrected chi connectivity index (χ1v) is 6.05. The lowest BCUT2D eigenvalue weighted by atomic mass is 10.2. The molecule has 2 N–H and O–H groups in total. The van der Waals surface area contributed by atoms with Gasteiger partial charge in [0.25, 0.3) is 0 Å². The number of benzene rings is 2. The zero-order valence-corrected chi connectivity index (χ0v) is 10.8. The van der Waals surface area contributed by atoms with Gasteiger partial charge in [-0.3, -0.25) is 4.90 Å². The van der Waals surface area contributed by atoms with E-state index in [0.29, 0.717) is 0 Å². The summed E-state index contributed by atoms with van der Waals surface area (Å²) < 4.78 is 0. The standard InChI is InChI=1S/C16H16N2O/c1-13-6-5-9-15(12-13)18(16(17)19)11-10-14-7-3-2-4-8-14/h2-12H,1H3,(H2,17,19). The van der Waals surface area contributed by atoms with Crippen LogP contribution in [0.5, 0.6) is 0 Å². The minimum atomic E-state index is -0.502. The van der Waals surface area contributed by atoms with Gasteiger partial charge in [-0.05, 0) is 36.3 Å². The lowest BCUT2D eigenvalue weighted by Gasteiger charge is -2.16. The van der Waals surface area contributed by atoms with Crippen molar-refractivity contribution in [2.45, 2.75) is 6.92 Å². The van der Waals surface area contributed by atoms with Crippen molar-refractivity contribution in [2.75, 3.05) is 4.90 Å². The number of carbonyl (C=O) groups is 1. The number of hydrogen-bond acceptors (Lipinski definition) is 1. The average molecular weight is 252 g/mol. The Morgan fingerprint density at radius 2 is 1.84 bits per heavy atom. The SMILES string of the molecule is Cc1cccc(N(C=Cc2ccccc2)C(N)=O)c1. The van der Waals surface area contributed by atoms with Crippen LogP contribution in [0.15, 0.2) is 60.8 Å². The molecule has 2 aromatic rings. The highest BCUT2D eigenvalue weighted by Crippen LogP contribution is 2.17. The van der Waals surface area contributed by atoms with Gasteiger partial charge in [0, 0.05) is 6.20 Å². The van der Waals surface area contributed by atoms with Gasteiger partial charge in [0.15, 0.2) is 0 Å². The molecule has 2 amide bonds. The molecule has 3 heteroatoms. The Morgan fingerprint density at radius 1 is 1.11 bits per heavy atom.